The number of rotatable bonds is 6. The molecule has 2 amide bonds. The fourth-order valence-corrected chi connectivity index (χ4v) is 3.10. The molecule has 116 valence electrons. The molecule has 1 aliphatic heterocycles. The normalized spacial score (nSPS) is 14.9. The average molecular weight is 321 g/mol. The van der Waals surface area contributed by atoms with Gasteiger partial charge in [0.1, 0.15) is 5.25 Å². The topological polar surface area (TPSA) is 91.8 Å². The molecule has 0 spiro atoms. The standard InChI is InChI=1S/C15H15NO5S/c1-9(17)22-12(15(20)21)7-4-8-16-13(18)10-5-2-3-6-11(10)14(16)19/h2-3,5-6,12H,4,7-8H2,1H3,(H,20,21). The van der Waals surface area contributed by atoms with E-state index < -0.39 is 11.2 Å². The van der Waals surface area contributed by atoms with Crippen LogP contribution in [0.4, 0.5) is 0 Å². The second-order valence-corrected chi connectivity index (χ2v) is 6.27. The summed E-state index contributed by atoms with van der Waals surface area (Å²) < 4.78 is 0. The van der Waals surface area contributed by atoms with Gasteiger partial charge in [0, 0.05) is 13.5 Å². The lowest BCUT2D eigenvalue weighted by Crippen LogP contribution is -2.31. The number of aliphatic carboxylic acids is 1. The van der Waals surface area contributed by atoms with Crippen molar-refractivity contribution in [3.63, 3.8) is 0 Å². The summed E-state index contributed by atoms with van der Waals surface area (Å²) in [5.74, 6) is -1.78. The van der Waals surface area contributed by atoms with Gasteiger partial charge in [-0.3, -0.25) is 24.1 Å². The highest BCUT2D eigenvalue weighted by atomic mass is 32.2. The van der Waals surface area contributed by atoms with Crippen molar-refractivity contribution < 1.29 is 24.3 Å². The van der Waals surface area contributed by atoms with Gasteiger partial charge >= 0.3 is 5.97 Å². The van der Waals surface area contributed by atoms with Crippen molar-refractivity contribution in [2.75, 3.05) is 6.54 Å². The predicted octanol–water partition coefficient (Wildman–Crippen LogP) is 1.80. The minimum absolute atomic E-state index is 0.147. The van der Waals surface area contributed by atoms with Gasteiger partial charge in [-0.15, -0.1) is 0 Å². The highest BCUT2D eigenvalue weighted by Crippen LogP contribution is 2.24. The van der Waals surface area contributed by atoms with Gasteiger partial charge in [0.2, 0.25) is 0 Å². The number of carboxylic acids is 1. The highest BCUT2D eigenvalue weighted by Gasteiger charge is 2.34. The fraction of sp³-hybridized carbons (Fsp3) is 0.333. The first-order valence-corrected chi connectivity index (χ1v) is 7.65. The van der Waals surface area contributed by atoms with Crippen LogP contribution in [-0.4, -0.2) is 44.7 Å². The Labute approximate surface area is 131 Å². The summed E-state index contributed by atoms with van der Waals surface area (Å²) >= 11 is 0.752. The maximum Gasteiger partial charge on any atom is 0.317 e. The summed E-state index contributed by atoms with van der Waals surface area (Å²) in [4.78, 5) is 47.4. The van der Waals surface area contributed by atoms with Gasteiger partial charge in [0.05, 0.1) is 11.1 Å². The van der Waals surface area contributed by atoms with Crippen molar-refractivity contribution in [3.8, 4) is 0 Å². The Morgan fingerprint density at radius 1 is 1.18 bits per heavy atom. The SMILES string of the molecule is CC(=O)SC(CCCN1C(=O)c2ccccc2C1=O)C(=O)O. The van der Waals surface area contributed by atoms with E-state index in [-0.39, 0.29) is 29.9 Å². The first kappa shape index (κ1) is 16.2. The highest BCUT2D eigenvalue weighted by molar-refractivity contribution is 8.14. The van der Waals surface area contributed by atoms with Gasteiger partial charge in [-0.2, -0.15) is 0 Å². The zero-order chi connectivity index (χ0) is 16.3. The van der Waals surface area contributed by atoms with Crippen LogP contribution in [0.5, 0.6) is 0 Å². The first-order chi connectivity index (χ1) is 10.4. The molecule has 1 unspecified atom stereocenters. The van der Waals surface area contributed by atoms with Crippen molar-refractivity contribution in [3.05, 3.63) is 35.4 Å². The lowest BCUT2D eigenvalue weighted by Gasteiger charge is -2.15. The number of fused-ring (bicyclic) bond motifs is 1. The second kappa shape index (κ2) is 6.74. The Balaban J connectivity index is 1.96. The van der Waals surface area contributed by atoms with E-state index in [4.69, 9.17) is 5.11 Å². The smallest absolute Gasteiger partial charge is 0.317 e. The van der Waals surface area contributed by atoms with Crippen molar-refractivity contribution >= 4 is 34.7 Å². The molecular formula is C15H15NO5S. The molecule has 7 heteroatoms. The zero-order valence-corrected chi connectivity index (χ0v) is 12.8. The number of amides is 2. The average Bonchev–Trinajstić information content (AvgIpc) is 2.71. The molecule has 0 bridgehead atoms. The Bertz CT molecular complexity index is 608. The fourth-order valence-electron chi connectivity index (χ4n) is 2.31. The number of imide groups is 1. The van der Waals surface area contributed by atoms with Crippen LogP contribution in [0.3, 0.4) is 0 Å². The monoisotopic (exact) mass is 321 g/mol. The number of hydrogen-bond acceptors (Lipinski definition) is 5. The summed E-state index contributed by atoms with van der Waals surface area (Å²) in [6.45, 7) is 1.46. The summed E-state index contributed by atoms with van der Waals surface area (Å²) in [5.41, 5.74) is 0.751. The van der Waals surface area contributed by atoms with Gasteiger partial charge in [0.25, 0.3) is 11.8 Å². The van der Waals surface area contributed by atoms with Crippen LogP contribution in [-0.2, 0) is 9.59 Å². The number of nitrogens with zero attached hydrogens (tertiary/aromatic N) is 1. The van der Waals surface area contributed by atoms with E-state index in [1.807, 2.05) is 0 Å². The molecular weight excluding hydrogens is 306 g/mol. The molecule has 0 fully saturated rings. The number of thioether (sulfide) groups is 1. The minimum atomic E-state index is -1.07. The molecule has 0 saturated heterocycles. The zero-order valence-electron chi connectivity index (χ0n) is 11.9. The molecule has 0 aromatic heterocycles. The van der Waals surface area contributed by atoms with E-state index in [2.05, 4.69) is 0 Å². The van der Waals surface area contributed by atoms with Crippen molar-refractivity contribution in [1.29, 1.82) is 0 Å². The number of hydrogen-bond donors (Lipinski definition) is 1. The number of carbonyl (C=O) groups is 4. The van der Waals surface area contributed by atoms with Gasteiger partial charge in [-0.1, -0.05) is 23.9 Å². The molecule has 1 N–H and O–H groups in total. The molecule has 1 aliphatic rings. The molecule has 22 heavy (non-hydrogen) atoms. The number of benzene rings is 1. The second-order valence-electron chi connectivity index (χ2n) is 4.89. The summed E-state index contributed by atoms with van der Waals surface area (Å²) in [5, 5.41) is 7.92. The molecule has 1 aromatic rings. The Morgan fingerprint density at radius 2 is 1.73 bits per heavy atom. The van der Waals surface area contributed by atoms with Crippen molar-refractivity contribution in [2.45, 2.75) is 25.0 Å². The van der Waals surface area contributed by atoms with Crippen LogP contribution in [0.1, 0.15) is 40.5 Å². The van der Waals surface area contributed by atoms with Crippen LogP contribution in [0, 0.1) is 0 Å². The third-order valence-corrected chi connectivity index (χ3v) is 4.36. The maximum absolute atomic E-state index is 12.1. The van der Waals surface area contributed by atoms with Gasteiger partial charge in [-0.25, -0.2) is 0 Å². The Hall–Kier alpha value is -2.15. The van der Waals surface area contributed by atoms with Crippen LogP contribution >= 0.6 is 11.8 Å². The Kier molecular flexibility index (Phi) is 4.97. The molecule has 1 atom stereocenters. The quantitative estimate of drug-likeness (QED) is 0.803. The van der Waals surface area contributed by atoms with E-state index in [0.29, 0.717) is 17.5 Å². The maximum atomic E-state index is 12.1. The molecule has 0 radical (unpaired) electrons. The van der Waals surface area contributed by atoms with E-state index >= 15 is 0 Å². The van der Waals surface area contributed by atoms with E-state index in [9.17, 15) is 19.2 Å². The van der Waals surface area contributed by atoms with Gasteiger partial charge in [0.15, 0.2) is 5.12 Å². The third-order valence-electron chi connectivity index (χ3n) is 3.31. The van der Waals surface area contributed by atoms with E-state index in [0.717, 1.165) is 16.7 Å². The van der Waals surface area contributed by atoms with Gasteiger partial charge in [-0.05, 0) is 25.0 Å². The third kappa shape index (κ3) is 3.36. The van der Waals surface area contributed by atoms with Crippen LogP contribution < -0.4 is 0 Å². The first-order valence-electron chi connectivity index (χ1n) is 6.77. The van der Waals surface area contributed by atoms with E-state index in [1.165, 1.54) is 6.92 Å². The van der Waals surface area contributed by atoms with Crippen LogP contribution in [0.15, 0.2) is 24.3 Å². The summed E-state index contributed by atoms with van der Waals surface area (Å²) in [7, 11) is 0. The molecule has 6 nitrogen and oxygen atoms in total. The lowest BCUT2D eigenvalue weighted by molar-refractivity contribution is -0.136. The number of carboxylic acid groups (broad SMARTS) is 1. The summed E-state index contributed by atoms with van der Waals surface area (Å²) in [6, 6.07) is 6.58. The van der Waals surface area contributed by atoms with Crippen molar-refractivity contribution in [2.24, 2.45) is 0 Å². The minimum Gasteiger partial charge on any atom is -0.480 e. The molecule has 1 heterocycles. The Morgan fingerprint density at radius 3 is 2.18 bits per heavy atom. The summed E-state index contributed by atoms with van der Waals surface area (Å²) in [6.07, 6.45) is 0.551. The molecule has 0 aliphatic carbocycles. The predicted molar refractivity (Wildman–Crippen MR) is 80.7 cm³/mol. The number of carbonyl (C=O) groups excluding carboxylic acids is 3. The molecule has 0 saturated carbocycles. The lowest BCUT2D eigenvalue weighted by atomic mass is 10.1. The van der Waals surface area contributed by atoms with Crippen LogP contribution in [0.25, 0.3) is 0 Å². The van der Waals surface area contributed by atoms with E-state index in [1.54, 1.807) is 24.3 Å². The van der Waals surface area contributed by atoms with Crippen LogP contribution in [0.2, 0.25) is 0 Å². The largest absolute Gasteiger partial charge is 0.480 e. The van der Waals surface area contributed by atoms with Gasteiger partial charge < -0.3 is 5.11 Å². The van der Waals surface area contributed by atoms with Crippen molar-refractivity contribution in [1.82, 2.24) is 4.90 Å². The molecule has 2 rings (SSSR count). The molecule has 1 aromatic carbocycles.